The average Bonchev–Trinajstić information content (AvgIpc) is 3.34. The topological polar surface area (TPSA) is 78.5 Å². The molecule has 3 amide bonds. The van der Waals surface area contributed by atoms with Crippen molar-refractivity contribution in [2.75, 3.05) is 26.2 Å². The van der Waals surface area contributed by atoms with E-state index in [1.165, 1.54) is 12.8 Å². The van der Waals surface area contributed by atoms with Crippen LogP contribution in [0.4, 0.5) is 0 Å². The van der Waals surface area contributed by atoms with Gasteiger partial charge >= 0.3 is 0 Å². The summed E-state index contributed by atoms with van der Waals surface area (Å²) >= 11 is 0. The van der Waals surface area contributed by atoms with Crippen LogP contribution in [0.1, 0.15) is 24.8 Å². The zero-order chi connectivity index (χ0) is 17.6. The van der Waals surface area contributed by atoms with Gasteiger partial charge in [-0.3, -0.25) is 14.4 Å². The predicted molar refractivity (Wildman–Crippen MR) is 93.6 cm³/mol. The molecule has 6 nitrogen and oxygen atoms in total. The van der Waals surface area contributed by atoms with Gasteiger partial charge in [0, 0.05) is 32.6 Å². The fraction of sp³-hybridized carbons (Fsp3) is 0.526. The molecule has 1 aromatic carbocycles. The molecule has 1 saturated carbocycles. The van der Waals surface area contributed by atoms with Crippen LogP contribution in [-0.4, -0.2) is 48.8 Å². The van der Waals surface area contributed by atoms with Crippen molar-refractivity contribution in [3.63, 3.8) is 0 Å². The molecule has 0 bridgehead atoms. The summed E-state index contributed by atoms with van der Waals surface area (Å²) in [5.74, 6) is 0.316. The zero-order valence-corrected chi connectivity index (χ0v) is 14.4. The Morgan fingerprint density at radius 3 is 2.52 bits per heavy atom. The molecule has 1 atom stereocenters. The van der Waals surface area contributed by atoms with Crippen molar-refractivity contribution >= 4 is 17.7 Å². The Bertz CT molecular complexity index is 628. The number of carbonyl (C=O) groups is 3. The zero-order valence-electron chi connectivity index (χ0n) is 14.4. The Labute approximate surface area is 148 Å². The van der Waals surface area contributed by atoms with Crippen molar-refractivity contribution in [2.45, 2.75) is 25.7 Å². The third-order valence-electron chi connectivity index (χ3n) is 4.71. The van der Waals surface area contributed by atoms with Crippen molar-refractivity contribution < 1.29 is 14.4 Å². The number of nitrogens with one attached hydrogen (secondary N) is 2. The van der Waals surface area contributed by atoms with Crippen LogP contribution >= 0.6 is 0 Å². The van der Waals surface area contributed by atoms with E-state index in [1.807, 2.05) is 35.2 Å². The van der Waals surface area contributed by atoms with E-state index in [0.717, 1.165) is 12.1 Å². The van der Waals surface area contributed by atoms with E-state index in [0.29, 0.717) is 38.4 Å². The molecule has 1 saturated heterocycles. The SMILES string of the molecule is O=C(Cc1ccccc1)NCCNC(=O)[C@H]1CC(=O)N(CC2CC2)C1. The Kier molecular flexibility index (Phi) is 5.68. The minimum absolute atomic E-state index is 0.0629. The smallest absolute Gasteiger partial charge is 0.225 e. The minimum atomic E-state index is -0.258. The molecule has 2 aliphatic rings. The van der Waals surface area contributed by atoms with Crippen LogP contribution < -0.4 is 10.6 Å². The molecular formula is C19H25N3O3. The molecule has 0 unspecified atom stereocenters. The summed E-state index contributed by atoms with van der Waals surface area (Å²) in [6.45, 7) is 2.11. The van der Waals surface area contributed by atoms with Gasteiger partial charge in [-0.25, -0.2) is 0 Å². The van der Waals surface area contributed by atoms with Crippen molar-refractivity contribution in [1.82, 2.24) is 15.5 Å². The number of hydrogen-bond donors (Lipinski definition) is 2. The Hall–Kier alpha value is -2.37. The van der Waals surface area contributed by atoms with Gasteiger partial charge in [-0.1, -0.05) is 30.3 Å². The van der Waals surface area contributed by atoms with E-state index in [2.05, 4.69) is 10.6 Å². The highest BCUT2D eigenvalue weighted by atomic mass is 16.2. The lowest BCUT2D eigenvalue weighted by Gasteiger charge is -2.16. The summed E-state index contributed by atoms with van der Waals surface area (Å²) in [6, 6.07) is 9.53. The fourth-order valence-electron chi connectivity index (χ4n) is 3.11. The van der Waals surface area contributed by atoms with Crippen LogP contribution in [0.3, 0.4) is 0 Å². The normalized spacial score (nSPS) is 19.8. The Morgan fingerprint density at radius 1 is 1.08 bits per heavy atom. The fourth-order valence-corrected chi connectivity index (χ4v) is 3.11. The molecule has 1 aliphatic heterocycles. The van der Waals surface area contributed by atoms with E-state index in [-0.39, 0.29) is 23.6 Å². The highest BCUT2D eigenvalue weighted by molar-refractivity contribution is 5.89. The maximum Gasteiger partial charge on any atom is 0.225 e. The van der Waals surface area contributed by atoms with E-state index in [9.17, 15) is 14.4 Å². The van der Waals surface area contributed by atoms with Gasteiger partial charge in [-0.05, 0) is 24.3 Å². The van der Waals surface area contributed by atoms with Crippen LogP contribution in [0.15, 0.2) is 30.3 Å². The Morgan fingerprint density at radius 2 is 1.80 bits per heavy atom. The number of benzene rings is 1. The van der Waals surface area contributed by atoms with Gasteiger partial charge in [-0.2, -0.15) is 0 Å². The first-order valence-electron chi connectivity index (χ1n) is 8.98. The number of hydrogen-bond acceptors (Lipinski definition) is 3. The average molecular weight is 343 g/mol. The molecule has 1 aliphatic carbocycles. The summed E-state index contributed by atoms with van der Waals surface area (Å²) in [7, 11) is 0. The molecule has 134 valence electrons. The van der Waals surface area contributed by atoms with Gasteiger partial charge in [0.1, 0.15) is 0 Å². The third-order valence-corrected chi connectivity index (χ3v) is 4.71. The lowest BCUT2D eigenvalue weighted by molar-refractivity contribution is -0.129. The van der Waals surface area contributed by atoms with E-state index < -0.39 is 0 Å². The molecule has 0 radical (unpaired) electrons. The second kappa shape index (κ2) is 8.14. The van der Waals surface area contributed by atoms with E-state index in [1.54, 1.807) is 0 Å². The highest BCUT2D eigenvalue weighted by Gasteiger charge is 2.36. The molecule has 2 fully saturated rings. The van der Waals surface area contributed by atoms with Crippen molar-refractivity contribution in [2.24, 2.45) is 11.8 Å². The second-order valence-corrected chi connectivity index (χ2v) is 6.95. The number of likely N-dealkylation sites (tertiary alicyclic amines) is 1. The maximum absolute atomic E-state index is 12.2. The molecule has 0 spiro atoms. The van der Waals surface area contributed by atoms with Crippen molar-refractivity contribution in [3.8, 4) is 0 Å². The van der Waals surface area contributed by atoms with Gasteiger partial charge in [0.2, 0.25) is 17.7 Å². The standard InChI is InChI=1S/C19H25N3O3/c23-17(10-14-4-2-1-3-5-14)20-8-9-21-19(25)16-11-18(24)22(13-16)12-15-6-7-15/h1-5,15-16H,6-13H2,(H,20,23)(H,21,25)/t16-/m0/s1. The number of carbonyl (C=O) groups excluding carboxylic acids is 3. The van der Waals surface area contributed by atoms with Crippen LogP contribution in [-0.2, 0) is 20.8 Å². The lowest BCUT2D eigenvalue weighted by Crippen LogP contribution is -2.38. The van der Waals surface area contributed by atoms with Gasteiger partial charge in [0.15, 0.2) is 0 Å². The molecule has 0 aromatic heterocycles. The predicted octanol–water partition coefficient (Wildman–Crippen LogP) is 0.720. The van der Waals surface area contributed by atoms with Crippen LogP contribution in [0, 0.1) is 11.8 Å². The van der Waals surface area contributed by atoms with E-state index >= 15 is 0 Å². The van der Waals surface area contributed by atoms with Crippen LogP contribution in [0.2, 0.25) is 0 Å². The van der Waals surface area contributed by atoms with Gasteiger partial charge in [0.05, 0.1) is 12.3 Å². The quantitative estimate of drug-likeness (QED) is 0.683. The maximum atomic E-state index is 12.2. The van der Waals surface area contributed by atoms with Gasteiger partial charge in [-0.15, -0.1) is 0 Å². The summed E-state index contributed by atoms with van der Waals surface area (Å²) in [4.78, 5) is 37.8. The minimum Gasteiger partial charge on any atom is -0.354 e. The number of amides is 3. The summed E-state index contributed by atoms with van der Waals surface area (Å²) in [5, 5.41) is 5.62. The molecule has 25 heavy (non-hydrogen) atoms. The summed E-state index contributed by atoms with van der Waals surface area (Å²) in [6.07, 6.45) is 3.04. The largest absolute Gasteiger partial charge is 0.354 e. The van der Waals surface area contributed by atoms with E-state index in [4.69, 9.17) is 0 Å². The number of rotatable bonds is 8. The van der Waals surface area contributed by atoms with Crippen molar-refractivity contribution in [1.29, 1.82) is 0 Å². The highest BCUT2D eigenvalue weighted by Crippen LogP contribution is 2.31. The van der Waals surface area contributed by atoms with Gasteiger partial charge in [0.25, 0.3) is 0 Å². The van der Waals surface area contributed by atoms with Gasteiger partial charge < -0.3 is 15.5 Å². The number of nitrogens with zero attached hydrogens (tertiary/aromatic N) is 1. The van der Waals surface area contributed by atoms with Crippen LogP contribution in [0.25, 0.3) is 0 Å². The molecule has 1 heterocycles. The molecular weight excluding hydrogens is 318 g/mol. The molecule has 2 N–H and O–H groups in total. The monoisotopic (exact) mass is 343 g/mol. The van der Waals surface area contributed by atoms with Crippen LogP contribution in [0.5, 0.6) is 0 Å². The Balaban J connectivity index is 1.31. The molecule has 3 rings (SSSR count). The summed E-state index contributed by atoms with van der Waals surface area (Å²) in [5.41, 5.74) is 0.962. The third kappa shape index (κ3) is 5.31. The second-order valence-electron chi connectivity index (χ2n) is 6.95. The first-order valence-corrected chi connectivity index (χ1v) is 8.98. The lowest BCUT2D eigenvalue weighted by atomic mass is 10.1. The first-order chi connectivity index (χ1) is 12.1. The summed E-state index contributed by atoms with van der Waals surface area (Å²) < 4.78 is 0. The molecule has 6 heteroatoms. The first kappa shape index (κ1) is 17.5. The molecule has 1 aromatic rings. The van der Waals surface area contributed by atoms with Crippen molar-refractivity contribution in [3.05, 3.63) is 35.9 Å².